The predicted octanol–water partition coefficient (Wildman–Crippen LogP) is -0.688. The van der Waals surface area contributed by atoms with Crippen molar-refractivity contribution in [3.63, 3.8) is 0 Å². The highest BCUT2D eigenvalue weighted by molar-refractivity contribution is 7.46. The van der Waals surface area contributed by atoms with E-state index in [2.05, 4.69) is 9.62 Å². The number of carbonyl (C=O) groups is 1. The molecule has 1 rings (SSSR count). The van der Waals surface area contributed by atoms with Gasteiger partial charge in [0.15, 0.2) is 12.5 Å². The maximum absolute atomic E-state index is 11.7. The van der Waals surface area contributed by atoms with Crippen LogP contribution in [0.2, 0.25) is 0 Å². The summed E-state index contributed by atoms with van der Waals surface area (Å²) in [5.41, 5.74) is 11.0. The summed E-state index contributed by atoms with van der Waals surface area (Å²) < 4.78 is 20.8. The van der Waals surface area contributed by atoms with Crippen LogP contribution >= 0.6 is 7.82 Å². The molecular weight excluding hydrogens is 303 g/mol. The van der Waals surface area contributed by atoms with Gasteiger partial charge in [0, 0.05) is 0 Å². The minimum Gasteiger partial charge on any atom is -0.422 e. The maximum Gasteiger partial charge on any atom is 0.471 e. The summed E-state index contributed by atoms with van der Waals surface area (Å²) >= 11 is 0. The minimum atomic E-state index is -4.58. The van der Waals surface area contributed by atoms with Crippen molar-refractivity contribution in [3.8, 4) is 5.75 Å². The fraction of sp³-hybridized carbons (Fsp3) is 0.600. The number of nitrogens with two attached hydrogens (primary N) is 2. The number of hydrogen-bond acceptors (Lipinski definition) is 7. The van der Waals surface area contributed by atoms with Crippen molar-refractivity contribution in [2.24, 2.45) is 11.5 Å². The number of aromatic nitrogens is 2. The van der Waals surface area contributed by atoms with Crippen LogP contribution in [0.3, 0.4) is 0 Å². The second-order valence-corrected chi connectivity index (χ2v) is 5.52. The molecule has 0 amide bonds. The third-order valence-corrected chi connectivity index (χ3v) is 2.91. The highest BCUT2D eigenvalue weighted by Crippen LogP contribution is 2.36. The molecule has 0 unspecified atom stereocenters. The third-order valence-electron chi connectivity index (χ3n) is 2.46. The van der Waals surface area contributed by atoms with E-state index in [1.54, 1.807) is 0 Å². The van der Waals surface area contributed by atoms with Gasteiger partial charge in [0.2, 0.25) is 0 Å². The van der Waals surface area contributed by atoms with Gasteiger partial charge < -0.3 is 26.0 Å². The van der Waals surface area contributed by atoms with E-state index >= 15 is 0 Å². The first-order valence-electron chi connectivity index (χ1n) is 6.21. The molecule has 120 valence electrons. The predicted molar refractivity (Wildman–Crippen MR) is 71.9 cm³/mol. The van der Waals surface area contributed by atoms with E-state index in [0.29, 0.717) is 13.0 Å². The van der Waals surface area contributed by atoms with Crippen molar-refractivity contribution < 1.29 is 28.4 Å². The third kappa shape index (κ3) is 7.32. The monoisotopic (exact) mass is 322 g/mol. The van der Waals surface area contributed by atoms with Crippen LogP contribution in [-0.2, 0) is 20.6 Å². The summed E-state index contributed by atoms with van der Waals surface area (Å²) in [5.74, 6) is -0.494. The SMILES string of the molecule is NCCCC[C@H](N)C(=O)Oc1cnn(COP(=O)(O)O)c1. The van der Waals surface area contributed by atoms with E-state index in [9.17, 15) is 9.36 Å². The number of esters is 1. The molecule has 0 radical (unpaired) electrons. The number of hydrogen-bond donors (Lipinski definition) is 4. The smallest absolute Gasteiger partial charge is 0.422 e. The van der Waals surface area contributed by atoms with E-state index in [1.807, 2.05) is 0 Å². The second-order valence-electron chi connectivity index (χ2n) is 4.28. The molecule has 1 atom stereocenters. The van der Waals surface area contributed by atoms with Crippen LogP contribution in [0.4, 0.5) is 0 Å². The van der Waals surface area contributed by atoms with E-state index in [4.69, 9.17) is 26.0 Å². The topological polar surface area (TPSA) is 163 Å². The van der Waals surface area contributed by atoms with Gasteiger partial charge in [0.25, 0.3) is 0 Å². The number of phosphoric acid groups is 1. The van der Waals surface area contributed by atoms with Crippen molar-refractivity contribution in [2.45, 2.75) is 32.0 Å². The Balaban J connectivity index is 2.43. The molecule has 0 spiro atoms. The van der Waals surface area contributed by atoms with Crippen molar-refractivity contribution in [3.05, 3.63) is 12.4 Å². The standard InChI is InChI=1S/C10H19N4O6P/c11-4-2-1-3-9(12)10(15)20-8-5-13-14(6-8)7-19-21(16,17)18/h5-6,9H,1-4,7,11-12H2,(H2,16,17,18)/t9-/m0/s1. The van der Waals surface area contributed by atoms with Crippen molar-refractivity contribution in [1.82, 2.24) is 9.78 Å². The van der Waals surface area contributed by atoms with Crippen molar-refractivity contribution in [1.29, 1.82) is 0 Å². The zero-order chi connectivity index (χ0) is 15.9. The summed E-state index contributed by atoms with van der Waals surface area (Å²) in [6, 6.07) is -0.758. The molecule has 0 saturated heterocycles. The number of ether oxygens (including phenoxy) is 1. The Bertz CT molecular complexity index is 501. The zero-order valence-corrected chi connectivity index (χ0v) is 12.2. The number of carbonyl (C=O) groups excluding carboxylic acids is 1. The minimum absolute atomic E-state index is 0.114. The van der Waals surface area contributed by atoms with Gasteiger partial charge in [-0.15, -0.1) is 0 Å². The normalized spacial score (nSPS) is 13.1. The molecule has 0 bridgehead atoms. The maximum atomic E-state index is 11.7. The van der Waals surface area contributed by atoms with Crippen molar-refractivity contribution in [2.75, 3.05) is 6.54 Å². The summed E-state index contributed by atoms with van der Waals surface area (Å²) in [6.07, 6.45) is 4.44. The molecular formula is C10H19N4O6P. The van der Waals surface area contributed by atoms with E-state index in [0.717, 1.165) is 17.5 Å². The van der Waals surface area contributed by atoms with Crippen LogP contribution < -0.4 is 16.2 Å². The fourth-order valence-corrected chi connectivity index (χ4v) is 1.69. The second kappa shape index (κ2) is 8.23. The van der Waals surface area contributed by atoms with Gasteiger partial charge in [-0.05, 0) is 19.4 Å². The molecule has 1 aromatic rings. The summed E-state index contributed by atoms with van der Waals surface area (Å²) in [5, 5.41) is 3.72. The van der Waals surface area contributed by atoms with Crippen LogP contribution in [0, 0.1) is 0 Å². The number of rotatable bonds is 9. The molecule has 21 heavy (non-hydrogen) atoms. The Labute approximate surface area is 121 Å². The molecule has 1 heterocycles. The number of unbranched alkanes of at least 4 members (excludes halogenated alkanes) is 1. The van der Waals surface area contributed by atoms with E-state index in [1.165, 1.54) is 12.4 Å². The van der Waals surface area contributed by atoms with Crippen LogP contribution in [0.1, 0.15) is 19.3 Å². The first kappa shape index (κ1) is 17.8. The first-order chi connectivity index (χ1) is 9.81. The summed E-state index contributed by atoms with van der Waals surface area (Å²) in [6.45, 7) is 0.0679. The highest BCUT2D eigenvalue weighted by Gasteiger charge is 2.17. The Hall–Kier alpha value is -1.29. The fourth-order valence-electron chi connectivity index (χ4n) is 1.42. The largest absolute Gasteiger partial charge is 0.471 e. The molecule has 0 aliphatic heterocycles. The molecule has 11 heteroatoms. The molecule has 0 saturated carbocycles. The molecule has 6 N–H and O–H groups in total. The lowest BCUT2D eigenvalue weighted by Crippen LogP contribution is -2.34. The quantitative estimate of drug-likeness (QED) is 0.262. The molecule has 0 aliphatic carbocycles. The van der Waals surface area contributed by atoms with Gasteiger partial charge in [-0.3, -0.25) is 4.52 Å². The number of phosphoric ester groups is 1. The van der Waals surface area contributed by atoms with Gasteiger partial charge in [-0.2, -0.15) is 5.10 Å². The lowest BCUT2D eigenvalue weighted by atomic mass is 10.1. The first-order valence-corrected chi connectivity index (χ1v) is 7.74. The van der Waals surface area contributed by atoms with Gasteiger partial charge in [0.05, 0.1) is 12.4 Å². The lowest BCUT2D eigenvalue weighted by molar-refractivity contribution is -0.136. The molecule has 0 aromatic carbocycles. The number of nitrogens with zero attached hydrogens (tertiary/aromatic N) is 2. The van der Waals surface area contributed by atoms with Gasteiger partial charge in [0.1, 0.15) is 6.04 Å². The summed E-state index contributed by atoms with van der Waals surface area (Å²) in [7, 11) is -4.58. The lowest BCUT2D eigenvalue weighted by Gasteiger charge is -2.09. The van der Waals surface area contributed by atoms with Crippen LogP contribution in [0.5, 0.6) is 5.75 Å². The van der Waals surface area contributed by atoms with Crippen LogP contribution in [-0.4, -0.2) is 38.1 Å². The molecule has 10 nitrogen and oxygen atoms in total. The van der Waals surface area contributed by atoms with Crippen LogP contribution in [0.15, 0.2) is 12.4 Å². The van der Waals surface area contributed by atoms with Crippen molar-refractivity contribution >= 4 is 13.8 Å². The van der Waals surface area contributed by atoms with E-state index in [-0.39, 0.29) is 5.75 Å². The average molecular weight is 322 g/mol. The molecule has 0 fully saturated rings. The summed E-state index contributed by atoms with van der Waals surface area (Å²) in [4.78, 5) is 28.7. The zero-order valence-electron chi connectivity index (χ0n) is 11.3. The van der Waals surface area contributed by atoms with Crippen LogP contribution in [0.25, 0.3) is 0 Å². The van der Waals surface area contributed by atoms with Gasteiger partial charge in [-0.25, -0.2) is 14.0 Å². The Morgan fingerprint density at radius 1 is 1.48 bits per heavy atom. The highest BCUT2D eigenvalue weighted by atomic mass is 31.2. The molecule has 0 aliphatic rings. The Morgan fingerprint density at radius 2 is 2.19 bits per heavy atom. The van der Waals surface area contributed by atoms with Gasteiger partial charge in [-0.1, -0.05) is 6.42 Å². The average Bonchev–Trinajstić information content (AvgIpc) is 2.83. The Morgan fingerprint density at radius 3 is 2.81 bits per heavy atom. The Kier molecular flexibility index (Phi) is 6.96. The molecule has 1 aromatic heterocycles. The van der Waals surface area contributed by atoms with Gasteiger partial charge >= 0.3 is 13.8 Å². The van der Waals surface area contributed by atoms with E-state index < -0.39 is 26.6 Å².